The summed E-state index contributed by atoms with van der Waals surface area (Å²) in [6, 6.07) is 8.89. The van der Waals surface area contributed by atoms with Crippen LogP contribution in [0.15, 0.2) is 50.3 Å². The number of aromatic nitrogens is 1. The molecule has 2 aromatic heterocycles. The van der Waals surface area contributed by atoms with Crippen molar-refractivity contribution in [3.63, 3.8) is 0 Å². The van der Waals surface area contributed by atoms with E-state index in [0.29, 0.717) is 22.9 Å². The molecule has 1 aliphatic rings. The van der Waals surface area contributed by atoms with E-state index in [4.69, 9.17) is 0 Å². The number of carbonyl (C=O) groups excluding carboxylic acids is 1. The van der Waals surface area contributed by atoms with Crippen LogP contribution in [0.1, 0.15) is 33.8 Å². The van der Waals surface area contributed by atoms with Gasteiger partial charge in [0.2, 0.25) is 0 Å². The summed E-state index contributed by atoms with van der Waals surface area (Å²) in [4.78, 5) is 32.5. The first-order valence-corrected chi connectivity index (χ1v) is 13.0. The lowest BCUT2D eigenvalue weighted by molar-refractivity contribution is -0.387. The van der Waals surface area contributed by atoms with Crippen molar-refractivity contribution in [1.29, 1.82) is 0 Å². The van der Waals surface area contributed by atoms with Crippen molar-refractivity contribution in [2.75, 3.05) is 19.6 Å². The van der Waals surface area contributed by atoms with Crippen molar-refractivity contribution in [2.45, 2.75) is 35.5 Å². The first kappa shape index (κ1) is 22.9. The van der Waals surface area contributed by atoms with Gasteiger partial charge in [-0.15, -0.1) is 22.7 Å². The van der Waals surface area contributed by atoms with Crippen LogP contribution in [-0.4, -0.2) is 40.3 Å². The van der Waals surface area contributed by atoms with Crippen LogP contribution in [0.5, 0.6) is 0 Å². The molecule has 10 heteroatoms. The highest BCUT2D eigenvalue weighted by Gasteiger charge is 2.22. The van der Waals surface area contributed by atoms with Crippen LogP contribution in [0, 0.1) is 23.0 Å². The third kappa shape index (κ3) is 5.94. The topological polar surface area (TPSA) is 88.4 Å². The molecule has 3 heterocycles. The Kier molecular flexibility index (Phi) is 7.56. The molecule has 0 atom stereocenters. The average molecular weight is 489 g/mol. The number of aryl methyl sites for hydroxylation is 1. The molecule has 32 heavy (non-hydrogen) atoms. The van der Waals surface area contributed by atoms with Crippen LogP contribution in [0.4, 0.5) is 5.69 Å². The second kappa shape index (κ2) is 10.6. The van der Waals surface area contributed by atoms with Gasteiger partial charge < -0.3 is 5.32 Å². The molecular weight excluding hydrogens is 464 g/mol. The van der Waals surface area contributed by atoms with E-state index in [1.165, 1.54) is 34.0 Å². The predicted octanol–water partition coefficient (Wildman–Crippen LogP) is 5.21. The summed E-state index contributed by atoms with van der Waals surface area (Å²) in [6.45, 7) is 5.51. The van der Waals surface area contributed by atoms with E-state index < -0.39 is 4.92 Å². The monoisotopic (exact) mass is 488 g/mol. The lowest BCUT2D eigenvalue weighted by Gasteiger charge is -2.31. The van der Waals surface area contributed by atoms with Gasteiger partial charge in [0.15, 0.2) is 4.34 Å². The Hall–Kier alpha value is -2.27. The summed E-state index contributed by atoms with van der Waals surface area (Å²) in [5.41, 5.74) is 1.12. The fourth-order valence-electron chi connectivity index (χ4n) is 3.67. The Morgan fingerprint density at radius 2 is 2.12 bits per heavy atom. The van der Waals surface area contributed by atoms with Crippen molar-refractivity contribution in [3.8, 4) is 0 Å². The standard InChI is InChI=1S/C22H24N4O3S3/c1-15-14-31-22(24-15)32-20-5-4-17(11-19(20)26(28)29)21(27)23-12-16-6-8-25(9-7-16)13-18-3-2-10-30-18/h2-5,10-11,14,16H,6-9,12-13H2,1H3,(H,23,27). The highest BCUT2D eigenvalue weighted by molar-refractivity contribution is 8.01. The lowest BCUT2D eigenvalue weighted by Crippen LogP contribution is -2.38. The number of hydrogen-bond donors (Lipinski definition) is 1. The Labute approximate surface area is 199 Å². The van der Waals surface area contributed by atoms with Gasteiger partial charge >= 0.3 is 0 Å². The van der Waals surface area contributed by atoms with Gasteiger partial charge in [0.25, 0.3) is 11.6 Å². The maximum atomic E-state index is 12.7. The molecule has 4 rings (SSSR count). The number of nitrogens with one attached hydrogen (secondary N) is 1. The molecule has 1 saturated heterocycles. The number of hydrogen-bond acceptors (Lipinski definition) is 8. The van der Waals surface area contributed by atoms with Gasteiger partial charge in [0.1, 0.15) is 0 Å². The molecule has 0 aliphatic carbocycles. The molecule has 1 aromatic carbocycles. The number of thiazole rings is 1. The summed E-state index contributed by atoms with van der Waals surface area (Å²) >= 11 is 4.48. The zero-order chi connectivity index (χ0) is 22.5. The predicted molar refractivity (Wildman–Crippen MR) is 129 cm³/mol. The summed E-state index contributed by atoms with van der Waals surface area (Å²) < 4.78 is 0.744. The highest BCUT2D eigenvalue weighted by atomic mass is 32.2. The Morgan fingerprint density at radius 3 is 2.78 bits per heavy atom. The molecule has 0 spiro atoms. The van der Waals surface area contributed by atoms with Crippen LogP contribution in [0.2, 0.25) is 0 Å². The lowest BCUT2D eigenvalue weighted by atomic mass is 9.96. The number of carbonyl (C=O) groups is 1. The minimum Gasteiger partial charge on any atom is -0.352 e. The van der Waals surface area contributed by atoms with Gasteiger partial charge in [-0.25, -0.2) is 4.98 Å². The van der Waals surface area contributed by atoms with Crippen molar-refractivity contribution in [1.82, 2.24) is 15.2 Å². The molecule has 1 amide bonds. The van der Waals surface area contributed by atoms with E-state index >= 15 is 0 Å². The second-order valence-corrected chi connectivity index (χ2v) is 11.0. The molecule has 0 bridgehead atoms. The molecule has 0 saturated carbocycles. The Morgan fingerprint density at radius 1 is 1.31 bits per heavy atom. The summed E-state index contributed by atoms with van der Waals surface area (Å²) in [5, 5.41) is 18.6. The number of likely N-dealkylation sites (tertiary alicyclic amines) is 1. The van der Waals surface area contributed by atoms with Gasteiger partial charge in [-0.2, -0.15) is 0 Å². The maximum Gasteiger partial charge on any atom is 0.284 e. The number of nitro benzene ring substituents is 1. The molecule has 168 valence electrons. The van der Waals surface area contributed by atoms with Crippen LogP contribution in [0.3, 0.4) is 0 Å². The van der Waals surface area contributed by atoms with Crippen molar-refractivity contribution < 1.29 is 9.72 Å². The smallest absolute Gasteiger partial charge is 0.284 e. The number of rotatable bonds is 8. The van der Waals surface area contributed by atoms with Crippen LogP contribution in [0.25, 0.3) is 0 Å². The molecular formula is C22H24N4O3S3. The first-order valence-electron chi connectivity index (χ1n) is 10.4. The van der Waals surface area contributed by atoms with Crippen molar-refractivity contribution in [2.24, 2.45) is 5.92 Å². The number of thiophene rings is 1. The normalized spacial score (nSPS) is 15.0. The van der Waals surface area contributed by atoms with Crippen LogP contribution in [-0.2, 0) is 6.54 Å². The van der Waals surface area contributed by atoms with E-state index in [1.807, 2.05) is 12.3 Å². The number of piperidine rings is 1. The van der Waals surface area contributed by atoms with E-state index in [0.717, 1.165) is 42.5 Å². The van der Waals surface area contributed by atoms with Crippen molar-refractivity contribution >= 4 is 46.0 Å². The SMILES string of the molecule is Cc1csc(Sc2ccc(C(=O)NCC3CCN(Cc4cccs4)CC3)cc2[N+](=O)[O-])n1. The Balaban J connectivity index is 1.31. The molecule has 3 aromatic rings. The van der Waals surface area contributed by atoms with Crippen LogP contribution < -0.4 is 5.32 Å². The summed E-state index contributed by atoms with van der Waals surface area (Å²) in [6.07, 6.45) is 2.07. The third-order valence-electron chi connectivity index (χ3n) is 5.43. The zero-order valence-electron chi connectivity index (χ0n) is 17.7. The average Bonchev–Trinajstić information content (AvgIpc) is 3.44. The fourth-order valence-corrected chi connectivity index (χ4v) is 6.30. The van der Waals surface area contributed by atoms with Crippen LogP contribution >= 0.6 is 34.4 Å². The fraction of sp³-hybridized carbons (Fsp3) is 0.364. The number of nitrogens with zero attached hydrogens (tertiary/aromatic N) is 3. The largest absolute Gasteiger partial charge is 0.352 e. The quantitative estimate of drug-likeness (QED) is 0.346. The first-order chi connectivity index (χ1) is 15.5. The second-order valence-electron chi connectivity index (χ2n) is 7.81. The van der Waals surface area contributed by atoms with E-state index in [9.17, 15) is 14.9 Å². The molecule has 0 unspecified atom stereocenters. The molecule has 1 fully saturated rings. The van der Waals surface area contributed by atoms with Gasteiger partial charge in [-0.3, -0.25) is 19.8 Å². The van der Waals surface area contributed by atoms with Crippen molar-refractivity contribution in [3.05, 3.63) is 67.3 Å². The Bertz CT molecular complexity index is 1080. The van der Waals surface area contributed by atoms with Gasteiger partial charge in [-0.1, -0.05) is 17.8 Å². The number of benzene rings is 1. The van der Waals surface area contributed by atoms with E-state index in [2.05, 4.69) is 32.7 Å². The zero-order valence-corrected chi connectivity index (χ0v) is 20.1. The number of amides is 1. The minimum absolute atomic E-state index is 0.0719. The molecule has 1 N–H and O–H groups in total. The number of nitro groups is 1. The maximum absolute atomic E-state index is 12.7. The van der Waals surface area contributed by atoms with E-state index in [1.54, 1.807) is 23.5 Å². The van der Waals surface area contributed by atoms with E-state index in [-0.39, 0.29) is 11.6 Å². The van der Waals surface area contributed by atoms with Gasteiger partial charge in [0.05, 0.1) is 9.82 Å². The highest BCUT2D eigenvalue weighted by Crippen LogP contribution is 2.36. The minimum atomic E-state index is -0.442. The van der Waals surface area contributed by atoms with Gasteiger partial charge in [-0.05, 0) is 62.4 Å². The summed E-state index contributed by atoms with van der Waals surface area (Å²) in [7, 11) is 0. The molecule has 7 nitrogen and oxygen atoms in total. The summed E-state index contributed by atoms with van der Waals surface area (Å²) in [5.74, 6) is 0.159. The van der Waals surface area contributed by atoms with Gasteiger partial charge in [0, 0.05) is 40.7 Å². The molecule has 0 radical (unpaired) electrons. The third-order valence-corrected chi connectivity index (χ3v) is 8.41. The molecule has 1 aliphatic heterocycles.